The van der Waals surface area contributed by atoms with Gasteiger partial charge in [-0.25, -0.2) is 0 Å². The first-order chi connectivity index (χ1) is 9.22. The summed E-state index contributed by atoms with van der Waals surface area (Å²) in [5.41, 5.74) is 1.15. The number of hydrogen-bond donors (Lipinski definition) is 1. The third-order valence-corrected chi connectivity index (χ3v) is 3.69. The molecule has 0 radical (unpaired) electrons. The number of methoxy groups -OCH3 is 2. The van der Waals surface area contributed by atoms with Crippen LogP contribution in [0.5, 0.6) is 11.5 Å². The van der Waals surface area contributed by atoms with Gasteiger partial charge in [0.1, 0.15) is 11.5 Å². The minimum absolute atomic E-state index is 0.564. The summed E-state index contributed by atoms with van der Waals surface area (Å²) in [5, 5.41) is 3.62. The zero-order valence-electron chi connectivity index (χ0n) is 12.1. The van der Waals surface area contributed by atoms with Crippen molar-refractivity contribution in [3.05, 3.63) is 23.8 Å². The number of ether oxygens (including phenoxy) is 2. The van der Waals surface area contributed by atoms with Gasteiger partial charge in [0.2, 0.25) is 0 Å². The van der Waals surface area contributed by atoms with Crippen LogP contribution >= 0.6 is 0 Å². The van der Waals surface area contributed by atoms with Crippen molar-refractivity contribution in [2.75, 3.05) is 34.4 Å². The topological polar surface area (TPSA) is 33.7 Å². The van der Waals surface area contributed by atoms with E-state index in [9.17, 15) is 0 Å². The van der Waals surface area contributed by atoms with Crippen molar-refractivity contribution in [2.24, 2.45) is 0 Å². The molecule has 0 aromatic heterocycles. The molecule has 1 aliphatic heterocycles. The monoisotopic (exact) mass is 264 g/mol. The molecule has 106 valence electrons. The van der Waals surface area contributed by atoms with E-state index < -0.39 is 0 Å². The fourth-order valence-corrected chi connectivity index (χ4v) is 2.61. The fraction of sp³-hybridized carbons (Fsp3) is 0.600. The van der Waals surface area contributed by atoms with E-state index in [4.69, 9.17) is 9.47 Å². The van der Waals surface area contributed by atoms with Gasteiger partial charge in [0.25, 0.3) is 0 Å². The highest BCUT2D eigenvalue weighted by atomic mass is 16.5. The summed E-state index contributed by atoms with van der Waals surface area (Å²) in [6, 6.07) is 6.49. The number of hydrogen-bond acceptors (Lipinski definition) is 4. The van der Waals surface area contributed by atoms with Gasteiger partial charge in [-0.3, -0.25) is 0 Å². The van der Waals surface area contributed by atoms with Crippen LogP contribution in [0.3, 0.4) is 0 Å². The Bertz CT molecular complexity index is 409. The van der Waals surface area contributed by atoms with Crippen LogP contribution in [-0.4, -0.2) is 45.3 Å². The highest BCUT2D eigenvalue weighted by Crippen LogP contribution is 2.24. The second kappa shape index (κ2) is 6.78. The van der Waals surface area contributed by atoms with Crippen LogP contribution in [0.2, 0.25) is 0 Å². The quantitative estimate of drug-likeness (QED) is 0.880. The van der Waals surface area contributed by atoms with Gasteiger partial charge in [-0.1, -0.05) is 0 Å². The average molecular weight is 264 g/mol. The van der Waals surface area contributed by atoms with Crippen molar-refractivity contribution in [1.82, 2.24) is 10.2 Å². The Labute approximate surface area is 115 Å². The fourth-order valence-electron chi connectivity index (χ4n) is 2.61. The predicted octanol–water partition coefficient (Wildman–Crippen LogP) is 1.89. The summed E-state index contributed by atoms with van der Waals surface area (Å²) in [6.45, 7) is 3.14. The molecule has 4 nitrogen and oxygen atoms in total. The molecular weight excluding hydrogens is 240 g/mol. The molecule has 1 atom stereocenters. The zero-order chi connectivity index (χ0) is 13.7. The first kappa shape index (κ1) is 14.2. The molecule has 19 heavy (non-hydrogen) atoms. The highest BCUT2D eigenvalue weighted by Gasteiger charge is 2.17. The third-order valence-electron chi connectivity index (χ3n) is 3.69. The van der Waals surface area contributed by atoms with Crippen molar-refractivity contribution < 1.29 is 9.47 Å². The average Bonchev–Trinajstić information content (AvgIpc) is 2.45. The first-order valence-corrected chi connectivity index (χ1v) is 6.85. The Morgan fingerprint density at radius 1 is 1.32 bits per heavy atom. The molecule has 1 heterocycles. The molecule has 0 amide bonds. The van der Waals surface area contributed by atoms with Gasteiger partial charge in [0, 0.05) is 24.7 Å². The molecule has 4 heteroatoms. The van der Waals surface area contributed by atoms with Crippen LogP contribution in [0.4, 0.5) is 0 Å². The predicted molar refractivity (Wildman–Crippen MR) is 76.9 cm³/mol. The number of nitrogens with one attached hydrogen (secondary N) is 1. The maximum atomic E-state index is 5.40. The number of piperidine rings is 1. The van der Waals surface area contributed by atoms with Gasteiger partial charge < -0.3 is 19.7 Å². The van der Waals surface area contributed by atoms with Gasteiger partial charge in [-0.05, 0) is 44.6 Å². The van der Waals surface area contributed by atoms with E-state index in [2.05, 4.69) is 17.3 Å². The van der Waals surface area contributed by atoms with E-state index in [1.807, 2.05) is 18.2 Å². The maximum Gasteiger partial charge on any atom is 0.123 e. The highest BCUT2D eigenvalue weighted by molar-refractivity contribution is 5.40. The van der Waals surface area contributed by atoms with Crippen molar-refractivity contribution in [3.8, 4) is 11.5 Å². The summed E-state index contributed by atoms with van der Waals surface area (Å²) in [4.78, 5) is 2.38. The Morgan fingerprint density at radius 2 is 2.16 bits per heavy atom. The van der Waals surface area contributed by atoms with E-state index in [1.54, 1.807) is 14.2 Å². The van der Waals surface area contributed by atoms with E-state index >= 15 is 0 Å². The summed E-state index contributed by atoms with van der Waals surface area (Å²) in [7, 11) is 5.58. The molecule has 1 fully saturated rings. The zero-order valence-corrected chi connectivity index (χ0v) is 12.1. The number of likely N-dealkylation sites (N-methyl/N-ethyl adjacent to an activating group) is 1. The molecule has 1 N–H and O–H groups in total. The van der Waals surface area contributed by atoms with Crippen molar-refractivity contribution in [2.45, 2.75) is 25.4 Å². The summed E-state index contributed by atoms with van der Waals surface area (Å²) < 4.78 is 10.7. The molecule has 1 aromatic rings. The molecule has 0 spiro atoms. The SMILES string of the molecule is COc1ccc(OC)c(CNC2CCCN(C)C2)c1. The van der Waals surface area contributed by atoms with Gasteiger partial charge in [0.05, 0.1) is 14.2 Å². The summed E-state index contributed by atoms with van der Waals surface area (Å²) in [6.07, 6.45) is 2.51. The van der Waals surface area contributed by atoms with Crippen molar-refractivity contribution >= 4 is 0 Å². The molecule has 0 bridgehead atoms. The maximum absolute atomic E-state index is 5.40. The number of benzene rings is 1. The van der Waals surface area contributed by atoms with Gasteiger partial charge in [0.15, 0.2) is 0 Å². The smallest absolute Gasteiger partial charge is 0.123 e. The molecule has 2 rings (SSSR count). The lowest BCUT2D eigenvalue weighted by Crippen LogP contribution is -2.43. The Morgan fingerprint density at radius 3 is 2.84 bits per heavy atom. The summed E-state index contributed by atoms with van der Waals surface area (Å²) in [5.74, 6) is 1.79. The normalized spacial score (nSPS) is 20.3. The molecule has 0 aliphatic carbocycles. The lowest BCUT2D eigenvalue weighted by molar-refractivity contribution is 0.226. The lowest BCUT2D eigenvalue weighted by Gasteiger charge is -2.30. The van der Waals surface area contributed by atoms with E-state index in [0.717, 1.165) is 30.2 Å². The lowest BCUT2D eigenvalue weighted by atomic mass is 10.1. The third kappa shape index (κ3) is 3.85. The first-order valence-electron chi connectivity index (χ1n) is 6.85. The van der Waals surface area contributed by atoms with Crippen molar-refractivity contribution in [3.63, 3.8) is 0 Å². The Hall–Kier alpha value is -1.26. The van der Waals surface area contributed by atoms with Gasteiger partial charge >= 0.3 is 0 Å². The second-order valence-electron chi connectivity index (χ2n) is 5.16. The van der Waals surface area contributed by atoms with Crippen LogP contribution in [0.15, 0.2) is 18.2 Å². The van der Waals surface area contributed by atoms with Crippen LogP contribution in [0, 0.1) is 0 Å². The van der Waals surface area contributed by atoms with Crippen LogP contribution < -0.4 is 14.8 Å². The summed E-state index contributed by atoms with van der Waals surface area (Å²) >= 11 is 0. The molecule has 1 aliphatic rings. The molecule has 1 saturated heterocycles. The van der Waals surface area contributed by atoms with E-state index in [1.165, 1.54) is 19.4 Å². The van der Waals surface area contributed by atoms with E-state index in [0.29, 0.717) is 6.04 Å². The molecule has 0 saturated carbocycles. The number of nitrogens with zero attached hydrogens (tertiary/aromatic N) is 1. The number of rotatable bonds is 5. The standard InChI is InChI=1S/C15H24N2O2/c1-17-8-4-5-13(11-17)16-10-12-9-14(18-2)6-7-15(12)19-3/h6-7,9,13,16H,4-5,8,10-11H2,1-3H3. The van der Waals surface area contributed by atoms with Crippen molar-refractivity contribution in [1.29, 1.82) is 0 Å². The molecule has 1 aromatic carbocycles. The van der Waals surface area contributed by atoms with E-state index in [-0.39, 0.29) is 0 Å². The minimum atomic E-state index is 0.564. The molecular formula is C15H24N2O2. The second-order valence-corrected chi connectivity index (χ2v) is 5.16. The minimum Gasteiger partial charge on any atom is -0.497 e. The van der Waals surface area contributed by atoms with Gasteiger partial charge in [-0.2, -0.15) is 0 Å². The Kier molecular flexibility index (Phi) is 5.05. The van der Waals surface area contributed by atoms with Gasteiger partial charge in [-0.15, -0.1) is 0 Å². The van der Waals surface area contributed by atoms with Crippen LogP contribution in [0.1, 0.15) is 18.4 Å². The number of likely N-dealkylation sites (tertiary alicyclic amines) is 1. The Balaban J connectivity index is 1.97. The largest absolute Gasteiger partial charge is 0.497 e. The van der Waals surface area contributed by atoms with Crippen LogP contribution in [-0.2, 0) is 6.54 Å². The van der Waals surface area contributed by atoms with Crippen LogP contribution in [0.25, 0.3) is 0 Å². The molecule has 1 unspecified atom stereocenters.